The third kappa shape index (κ3) is 4.23. The standard InChI is InChI=1S/C21H30O4/c1-6-14(2)19(22)25-13-17-8-7-10-21(4)11-9-16(12-18(17)21)15(3)20(23)24-5/h6,8,16,18H,3,7,9-13H2,1-2,4-5H3. The van der Waals surface area contributed by atoms with E-state index in [9.17, 15) is 9.59 Å². The van der Waals surface area contributed by atoms with Gasteiger partial charge in [-0.3, -0.25) is 0 Å². The molecule has 0 aliphatic heterocycles. The predicted molar refractivity (Wildman–Crippen MR) is 97.8 cm³/mol. The molecule has 0 N–H and O–H groups in total. The van der Waals surface area contributed by atoms with E-state index in [1.54, 1.807) is 13.0 Å². The maximum absolute atomic E-state index is 12.0. The summed E-state index contributed by atoms with van der Waals surface area (Å²) in [5.41, 5.74) is 2.59. The van der Waals surface area contributed by atoms with Crippen LogP contribution in [0.1, 0.15) is 52.9 Å². The first kappa shape index (κ1) is 19.5. The summed E-state index contributed by atoms with van der Waals surface area (Å²) in [7, 11) is 1.40. The first-order chi connectivity index (χ1) is 11.8. The van der Waals surface area contributed by atoms with Crippen LogP contribution in [0.5, 0.6) is 0 Å². The molecule has 0 saturated heterocycles. The van der Waals surface area contributed by atoms with Gasteiger partial charge in [0.1, 0.15) is 6.61 Å². The molecule has 4 nitrogen and oxygen atoms in total. The molecule has 0 aromatic heterocycles. The zero-order chi connectivity index (χ0) is 18.6. The molecular weight excluding hydrogens is 316 g/mol. The van der Waals surface area contributed by atoms with Crippen LogP contribution >= 0.6 is 0 Å². The predicted octanol–water partition coefficient (Wildman–Crippen LogP) is 4.37. The summed E-state index contributed by atoms with van der Waals surface area (Å²) >= 11 is 0. The Bertz CT molecular complexity index is 613. The van der Waals surface area contributed by atoms with Crippen molar-refractivity contribution in [1.82, 2.24) is 0 Å². The van der Waals surface area contributed by atoms with E-state index in [-0.39, 0.29) is 23.3 Å². The van der Waals surface area contributed by atoms with E-state index in [2.05, 4.69) is 19.6 Å². The maximum Gasteiger partial charge on any atom is 0.333 e. The van der Waals surface area contributed by atoms with Crippen LogP contribution in [-0.2, 0) is 19.1 Å². The van der Waals surface area contributed by atoms with Gasteiger partial charge in [-0.1, -0.05) is 25.7 Å². The van der Waals surface area contributed by atoms with Gasteiger partial charge in [0.25, 0.3) is 0 Å². The Balaban J connectivity index is 2.11. The number of allylic oxidation sites excluding steroid dienone is 2. The summed E-state index contributed by atoms with van der Waals surface area (Å²) in [6.45, 7) is 10.2. The van der Waals surface area contributed by atoms with E-state index in [0.717, 1.165) is 32.1 Å². The highest BCUT2D eigenvalue weighted by atomic mass is 16.5. The monoisotopic (exact) mass is 346 g/mol. The molecule has 0 heterocycles. The maximum atomic E-state index is 12.0. The highest BCUT2D eigenvalue weighted by molar-refractivity contribution is 5.88. The number of esters is 2. The van der Waals surface area contributed by atoms with E-state index in [4.69, 9.17) is 9.47 Å². The molecule has 0 aromatic carbocycles. The Morgan fingerprint density at radius 3 is 2.72 bits per heavy atom. The molecule has 0 aromatic rings. The molecule has 1 saturated carbocycles. The van der Waals surface area contributed by atoms with Crippen LogP contribution in [0, 0.1) is 17.3 Å². The summed E-state index contributed by atoms with van der Waals surface area (Å²) < 4.78 is 10.3. The number of ether oxygens (including phenoxy) is 2. The van der Waals surface area contributed by atoms with Gasteiger partial charge in [0, 0.05) is 11.1 Å². The summed E-state index contributed by atoms with van der Waals surface area (Å²) in [5.74, 6) is -0.118. The van der Waals surface area contributed by atoms with E-state index < -0.39 is 0 Å². The number of fused-ring (bicyclic) bond motifs is 1. The Kier molecular flexibility index (Phi) is 6.26. The van der Waals surface area contributed by atoms with Crippen molar-refractivity contribution in [3.8, 4) is 0 Å². The van der Waals surface area contributed by atoms with Crippen LogP contribution in [0.3, 0.4) is 0 Å². The normalized spacial score (nSPS) is 29.3. The number of hydrogen-bond acceptors (Lipinski definition) is 4. The molecule has 0 spiro atoms. The molecule has 3 unspecified atom stereocenters. The lowest BCUT2D eigenvalue weighted by atomic mass is 9.57. The Labute approximate surface area is 151 Å². The van der Waals surface area contributed by atoms with Crippen LogP contribution < -0.4 is 0 Å². The molecule has 25 heavy (non-hydrogen) atoms. The van der Waals surface area contributed by atoms with Gasteiger partial charge in [-0.2, -0.15) is 0 Å². The van der Waals surface area contributed by atoms with Crippen molar-refractivity contribution in [3.05, 3.63) is 35.5 Å². The van der Waals surface area contributed by atoms with Gasteiger partial charge in [0.15, 0.2) is 0 Å². The van der Waals surface area contributed by atoms with Crippen molar-refractivity contribution in [1.29, 1.82) is 0 Å². The van der Waals surface area contributed by atoms with Gasteiger partial charge in [-0.05, 0) is 68.8 Å². The van der Waals surface area contributed by atoms with E-state index in [1.807, 2.05) is 6.92 Å². The first-order valence-electron chi connectivity index (χ1n) is 9.08. The molecule has 2 aliphatic carbocycles. The highest BCUT2D eigenvalue weighted by Crippen LogP contribution is 2.53. The second kappa shape index (κ2) is 8.03. The van der Waals surface area contributed by atoms with Gasteiger partial charge < -0.3 is 9.47 Å². The van der Waals surface area contributed by atoms with Gasteiger partial charge in [-0.15, -0.1) is 0 Å². The number of hydrogen-bond donors (Lipinski definition) is 0. The van der Waals surface area contributed by atoms with Crippen LogP contribution in [-0.4, -0.2) is 25.7 Å². The lowest BCUT2D eigenvalue weighted by Crippen LogP contribution is -2.39. The molecule has 0 amide bonds. The highest BCUT2D eigenvalue weighted by Gasteiger charge is 2.44. The molecule has 2 aliphatic rings. The number of methoxy groups -OCH3 is 1. The van der Waals surface area contributed by atoms with Crippen molar-refractivity contribution in [2.45, 2.75) is 52.9 Å². The van der Waals surface area contributed by atoms with Crippen LogP contribution in [0.4, 0.5) is 0 Å². The topological polar surface area (TPSA) is 52.6 Å². The number of carbonyl (C=O) groups is 2. The van der Waals surface area contributed by atoms with Crippen LogP contribution in [0.25, 0.3) is 0 Å². The lowest BCUT2D eigenvalue weighted by Gasteiger charge is -2.48. The second-order valence-corrected chi connectivity index (χ2v) is 7.56. The third-order valence-corrected chi connectivity index (χ3v) is 6.06. The second-order valence-electron chi connectivity index (χ2n) is 7.56. The van der Waals surface area contributed by atoms with Gasteiger partial charge in [0.05, 0.1) is 7.11 Å². The minimum Gasteiger partial charge on any atom is -0.466 e. The Morgan fingerprint density at radius 2 is 2.08 bits per heavy atom. The van der Waals surface area contributed by atoms with Gasteiger partial charge >= 0.3 is 11.9 Å². The molecule has 4 heteroatoms. The van der Waals surface area contributed by atoms with E-state index in [1.165, 1.54) is 12.7 Å². The Hall–Kier alpha value is -1.84. The average molecular weight is 346 g/mol. The fourth-order valence-electron chi connectivity index (χ4n) is 4.15. The average Bonchev–Trinajstić information content (AvgIpc) is 2.63. The zero-order valence-corrected chi connectivity index (χ0v) is 15.9. The van der Waals surface area contributed by atoms with Crippen molar-refractivity contribution in [2.75, 3.05) is 13.7 Å². The molecule has 3 atom stereocenters. The number of carbonyl (C=O) groups excluding carboxylic acids is 2. The van der Waals surface area contributed by atoms with Crippen molar-refractivity contribution in [3.63, 3.8) is 0 Å². The fourth-order valence-corrected chi connectivity index (χ4v) is 4.15. The fraction of sp³-hybridized carbons (Fsp3) is 0.619. The van der Waals surface area contributed by atoms with E-state index >= 15 is 0 Å². The van der Waals surface area contributed by atoms with Crippen molar-refractivity contribution in [2.24, 2.45) is 17.3 Å². The smallest absolute Gasteiger partial charge is 0.333 e. The van der Waals surface area contributed by atoms with Crippen LogP contribution in [0.2, 0.25) is 0 Å². The molecule has 1 fully saturated rings. The van der Waals surface area contributed by atoms with Crippen molar-refractivity contribution < 1.29 is 19.1 Å². The minimum atomic E-state index is -0.315. The van der Waals surface area contributed by atoms with Gasteiger partial charge in [0.2, 0.25) is 0 Å². The largest absolute Gasteiger partial charge is 0.466 e. The SMILES string of the molecule is C=C(C(=O)OC)C1CCC2(C)CCC=C(COC(=O)C(C)=CC)C2C1. The Morgan fingerprint density at radius 1 is 1.36 bits per heavy atom. The molecular formula is C21H30O4. The first-order valence-corrected chi connectivity index (χ1v) is 9.08. The molecule has 138 valence electrons. The molecule has 0 radical (unpaired) electrons. The number of rotatable bonds is 5. The zero-order valence-electron chi connectivity index (χ0n) is 15.9. The molecule has 0 bridgehead atoms. The van der Waals surface area contributed by atoms with Crippen LogP contribution in [0.15, 0.2) is 35.5 Å². The minimum absolute atomic E-state index is 0.139. The van der Waals surface area contributed by atoms with E-state index in [0.29, 0.717) is 23.7 Å². The summed E-state index contributed by atoms with van der Waals surface area (Å²) in [6, 6.07) is 0. The quantitative estimate of drug-likeness (QED) is 0.421. The summed E-state index contributed by atoms with van der Waals surface area (Å²) in [4.78, 5) is 23.8. The third-order valence-electron chi connectivity index (χ3n) is 6.06. The van der Waals surface area contributed by atoms with Crippen molar-refractivity contribution >= 4 is 11.9 Å². The summed E-state index contributed by atoms with van der Waals surface area (Å²) in [5, 5.41) is 0. The lowest BCUT2D eigenvalue weighted by molar-refractivity contribution is -0.138. The van der Waals surface area contributed by atoms with Gasteiger partial charge in [-0.25, -0.2) is 9.59 Å². The summed E-state index contributed by atoms with van der Waals surface area (Å²) in [6.07, 6.45) is 9.03. The molecule has 2 rings (SSSR count).